The average molecular weight is 493 g/mol. The molecule has 0 aliphatic rings. The maximum absolute atomic E-state index is 12.7. The summed E-state index contributed by atoms with van der Waals surface area (Å²) in [6, 6.07) is 12.9. The van der Waals surface area contributed by atoms with Crippen LogP contribution in [0.15, 0.2) is 47.4 Å². The van der Waals surface area contributed by atoms with Gasteiger partial charge < -0.3 is 10.2 Å². The number of sulfonamides is 1. The van der Waals surface area contributed by atoms with Crippen LogP contribution in [0.25, 0.3) is 10.8 Å². The van der Waals surface area contributed by atoms with Crippen molar-refractivity contribution >= 4 is 26.8 Å². The third-order valence-electron chi connectivity index (χ3n) is 5.00. The van der Waals surface area contributed by atoms with E-state index in [9.17, 15) is 26.7 Å². The van der Waals surface area contributed by atoms with Gasteiger partial charge in [-0.05, 0) is 31.2 Å². The minimum absolute atomic E-state index is 0.198. The lowest BCUT2D eigenvalue weighted by atomic mass is 10.1. The van der Waals surface area contributed by atoms with Gasteiger partial charge in [0, 0.05) is 30.9 Å². The molecule has 2 atom stereocenters. The Labute approximate surface area is 192 Å². The quantitative estimate of drug-likeness (QED) is 0.434. The summed E-state index contributed by atoms with van der Waals surface area (Å²) in [4.78, 5) is 11.2. The zero-order valence-electron chi connectivity index (χ0n) is 18.8. The van der Waals surface area contributed by atoms with E-state index in [0.717, 1.165) is 24.8 Å². The molecule has 0 amide bonds. The maximum atomic E-state index is 12.7. The number of carbonyl (C=O) groups is 1. The second kappa shape index (κ2) is 12.9. The van der Waals surface area contributed by atoms with Gasteiger partial charge in [0.25, 0.3) is 0 Å². The minimum atomic E-state index is -5.08. The summed E-state index contributed by atoms with van der Waals surface area (Å²) in [7, 11) is -3.63. The fourth-order valence-electron chi connectivity index (χ4n) is 3.15. The van der Waals surface area contributed by atoms with Crippen molar-refractivity contribution in [3.8, 4) is 0 Å². The molecular weight excluding hydrogens is 461 g/mol. The summed E-state index contributed by atoms with van der Waals surface area (Å²) in [5, 5.41) is 19.2. The molecule has 0 aliphatic heterocycles. The van der Waals surface area contributed by atoms with Crippen LogP contribution in [0.4, 0.5) is 13.2 Å². The monoisotopic (exact) mass is 492 g/mol. The van der Waals surface area contributed by atoms with Gasteiger partial charge in [0.1, 0.15) is 6.23 Å². The molecule has 0 saturated heterocycles. The second-order valence-corrected chi connectivity index (χ2v) is 9.18. The molecule has 2 rings (SSSR count). The number of carboxylic acid groups (broad SMARTS) is 1. The van der Waals surface area contributed by atoms with Crippen LogP contribution in [0, 0.1) is 0 Å². The van der Waals surface area contributed by atoms with Crippen molar-refractivity contribution in [1.82, 2.24) is 9.62 Å². The van der Waals surface area contributed by atoms with Crippen LogP contribution in [0.5, 0.6) is 0 Å². The molecule has 2 aromatic carbocycles. The fraction of sp³-hybridized carbons (Fsp3) is 0.500. The number of hydrogen-bond donors (Lipinski definition) is 3. The van der Waals surface area contributed by atoms with Gasteiger partial charge in [-0.3, -0.25) is 4.90 Å². The number of hydrogen-bond acceptors (Lipinski definition) is 5. The number of halogens is 3. The van der Waals surface area contributed by atoms with E-state index in [-0.39, 0.29) is 17.5 Å². The smallest absolute Gasteiger partial charge is 0.475 e. The Kier molecular flexibility index (Phi) is 11.2. The number of fused-ring (bicyclic) bond motifs is 1. The number of alkyl halides is 3. The summed E-state index contributed by atoms with van der Waals surface area (Å²) >= 11 is 0. The summed E-state index contributed by atoms with van der Waals surface area (Å²) in [5.74, 6) is -2.76. The maximum Gasteiger partial charge on any atom is 0.490 e. The van der Waals surface area contributed by atoms with Crippen molar-refractivity contribution in [2.45, 2.75) is 63.4 Å². The lowest BCUT2D eigenvalue weighted by Crippen LogP contribution is -2.43. The molecule has 0 bridgehead atoms. The number of benzene rings is 2. The molecule has 0 saturated carbocycles. The molecule has 186 valence electrons. The Morgan fingerprint density at radius 1 is 1.12 bits per heavy atom. The number of rotatable bonds is 10. The summed E-state index contributed by atoms with van der Waals surface area (Å²) in [6.45, 7) is 7.24. The van der Waals surface area contributed by atoms with Gasteiger partial charge >= 0.3 is 12.1 Å². The van der Waals surface area contributed by atoms with Crippen molar-refractivity contribution in [2.24, 2.45) is 0 Å². The molecule has 1 unspecified atom stereocenters. The summed E-state index contributed by atoms with van der Waals surface area (Å²) in [6.07, 6.45) is -3.49. The highest BCUT2D eigenvalue weighted by Crippen LogP contribution is 2.22. The van der Waals surface area contributed by atoms with E-state index in [1.165, 1.54) is 0 Å². The molecule has 0 spiro atoms. The number of nitrogens with zero attached hydrogens (tertiary/aromatic N) is 1. The zero-order valence-corrected chi connectivity index (χ0v) is 19.7. The van der Waals surface area contributed by atoms with Gasteiger partial charge in [-0.1, -0.05) is 50.2 Å². The van der Waals surface area contributed by atoms with E-state index in [0.29, 0.717) is 11.8 Å². The second-order valence-electron chi connectivity index (χ2n) is 7.44. The van der Waals surface area contributed by atoms with Crippen LogP contribution >= 0.6 is 0 Å². The first-order chi connectivity index (χ1) is 15.3. The highest BCUT2D eigenvalue weighted by Gasteiger charge is 2.38. The molecule has 0 aliphatic carbocycles. The molecule has 0 heterocycles. The van der Waals surface area contributed by atoms with E-state index in [2.05, 4.69) is 25.5 Å². The van der Waals surface area contributed by atoms with Gasteiger partial charge in [0.05, 0.1) is 4.90 Å². The molecule has 3 N–H and O–H groups in total. The fourth-order valence-corrected chi connectivity index (χ4v) is 4.43. The van der Waals surface area contributed by atoms with E-state index in [1.807, 2.05) is 35.2 Å². The van der Waals surface area contributed by atoms with Crippen LogP contribution in [0.1, 0.15) is 40.0 Å². The van der Waals surface area contributed by atoms with Crippen molar-refractivity contribution in [3.05, 3.63) is 42.5 Å². The van der Waals surface area contributed by atoms with Crippen LogP contribution in [0.3, 0.4) is 0 Å². The topological polar surface area (TPSA) is 107 Å². The Morgan fingerprint density at radius 3 is 2.24 bits per heavy atom. The molecule has 0 fully saturated rings. The molecule has 11 heteroatoms. The first-order valence-corrected chi connectivity index (χ1v) is 12.0. The molecular formula is C22H31F3N2O5S. The Bertz CT molecular complexity index is 994. The largest absolute Gasteiger partial charge is 0.490 e. The Hall–Kier alpha value is -2.21. The van der Waals surface area contributed by atoms with Gasteiger partial charge in [-0.2, -0.15) is 13.2 Å². The van der Waals surface area contributed by atoms with Crippen molar-refractivity contribution in [3.63, 3.8) is 0 Å². The standard InChI is InChI=1S/C20H30N2O3S.C2HF3O2/c1-4-15-22(16(3)5-2)20(23)13-14-21-26(24,25)19-12-8-10-17-9-6-7-11-18(17)19;3-2(4,5)1(6)7/h6-12,16,20-21,23H,4-5,13-15H2,1-3H3;(H,6,7)/t16?,20-;/m1./s1. The first-order valence-electron chi connectivity index (χ1n) is 10.6. The Balaban J connectivity index is 0.000000675. The van der Waals surface area contributed by atoms with E-state index < -0.39 is 28.4 Å². The predicted molar refractivity (Wildman–Crippen MR) is 120 cm³/mol. The lowest BCUT2D eigenvalue weighted by Gasteiger charge is -2.32. The number of carboxylic acids is 1. The highest BCUT2D eigenvalue weighted by atomic mass is 32.2. The van der Waals surface area contributed by atoms with Crippen LogP contribution in [0.2, 0.25) is 0 Å². The molecule has 7 nitrogen and oxygen atoms in total. The minimum Gasteiger partial charge on any atom is -0.475 e. The lowest BCUT2D eigenvalue weighted by molar-refractivity contribution is -0.192. The average Bonchev–Trinajstić information content (AvgIpc) is 2.76. The predicted octanol–water partition coefficient (Wildman–Crippen LogP) is 3.97. The van der Waals surface area contributed by atoms with E-state index in [4.69, 9.17) is 9.90 Å². The van der Waals surface area contributed by atoms with Gasteiger partial charge in [-0.25, -0.2) is 17.9 Å². The highest BCUT2D eigenvalue weighted by molar-refractivity contribution is 7.89. The first kappa shape index (κ1) is 28.8. The molecule has 33 heavy (non-hydrogen) atoms. The van der Waals surface area contributed by atoms with E-state index in [1.54, 1.807) is 12.1 Å². The van der Waals surface area contributed by atoms with Crippen molar-refractivity contribution in [1.29, 1.82) is 0 Å². The normalized spacial score (nSPS) is 13.9. The third-order valence-corrected chi connectivity index (χ3v) is 6.52. The third kappa shape index (κ3) is 8.92. The van der Waals surface area contributed by atoms with Gasteiger partial charge in [-0.15, -0.1) is 0 Å². The van der Waals surface area contributed by atoms with Crippen LogP contribution in [-0.4, -0.2) is 61.0 Å². The molecule has 0 aromatic heterocycles. The van der Waals surface area contributed by atoms with Crippen molar-refractivity contribution in [2.75, 3.05) is 13.1 Å². The zero-order chi connectivity index (χ0) is 25.2. The van der Waals surface area contributed by atoms with Gasteiger partial charge in [0.15, 0.2) is 0 Å². The number of aliphatic carboxylic acids is 1. The van der Waals surface area contributed by atoms with Crippen LogP contribution in [-0.2, 0) is 14.8 Å². The number of aliphatic hydroxyl groups is 1. The summed E-state index contributed by atoms with van der Waals surface area (Å²) < 4.78 is 59.8. The van der Waals surface area contributed by atoms with Crippen molar-refractivity contribution < 1.29 is 36.6 Å². The molecule has 2 aromatic rings. The number of aliphatic hydroxyl groups excluding tert-OH is 1. The van der Waals surface area contributed by atoms with E-state index >= 15 is 0 Å². The number of nitrogens with one attached hydrogen (secondary N) is 1. The molecule has 0 radical (unpaired) electrons. The Morgan fingerprint density at radius 2 is 1.70 bits per heavy atom. The summed E-state index contributed by atoms with van der Waals surface area (Å²) in [5.41, 5.74) is 0. The van der Waals surface area contributed by atoms with Gasteiger partial charge in [0.2, 0.25) is 10.0 Å². The van der Waals surface area contributed by atoms with Crippen LogP contribution < -0.4 is 4.72 Å². The SMILES string of the molecule is CCCN(C(C)CC)[C@H](O)CCNS(=O)(=O)c1cccc2ccccc12.O=C(O)C(F)(F)F.